The number of thioether (sulfide) groups is 1. The van der Waals surface area contributed by atoms with Crippen LogP contribution in [0.15, 0.2) is 28.6 Å². The molecule has 140 valence electrons. The Kier molecular flexibility index (Phi) is 6.77. The lowest BCUT2D eigenvalue weighted by Crippen LogP contribution is -2.40. The predicted molar refractivity (Wildman–Crippen MR) is 112 cm³/mol. The van der Waals surface area contributed by atoms with E-state index in [1.54, 1.807) is 4.68 Å². The van der Waals surface area contributed by atoms with Crippen LogP contribution in [-0.4, -0.2) is 39.4 Å². The number of rotatable bonds is 5. The summed E-state index contributed by atoms with van der Waals surface area (Å²) in [6, 6.07) is 7.77. The van der Waals surface area contributed by atoms with Crippen LogP contribution >= 0.6 is 46.9 Å². The van der Waals surface area contributed by atoms with E-state index in [-0.39, 0.29) is 5.91 Å². The van der Waals surface area contributed by atoms with Crippen LogP contribution in [0.25, 0.3) is 5.69 Å². The Morgan fingerprint density at radius 2 is 2.00 bits per heavy atom. The number of carbonyl (C=O) groups excluding carboxylic acids is 1. The van der Waals surface area contributed by atoms with Crippen LogP contribution in [-0.2, 0) is 4.79 Å². The number of benzene rings is 1. The van der Waals surface area contributed by atoms with Gasteiger partial charge in [-0.15, -0.1) is 5.10 Å². The maximum absolute atomic E-state index is 12.5. The van der Waals surface area contributed by atoms with Crippen molar-refractivity contribution in [1.29, 1.82) is 0 Å². The standard InChI is InChI=1S/C18H22ClN3OS3/c1-12-3-7-14(8-4-12)21(2)16(23)11-25-17-20-22(18(24)26-17)15-9-5-13(19)6-10-15/h5-6,9-10,12,14H,3-4,7-8,11H2,1-2H3. The molecule has 0 unspecified atom stereocenters. The summed E-state index contributed by atoms with van der Waals surface area (Å²) in [6.45, 7) is 2.29. The van der Waals surface area contributed by atoms with Crippen molar-refractivity contribution in [2.75, 3.05) is 12.8 Å². The van der Waals surface area contributed by atoms with Crippen LogP contribution < -0.4 is 0 Å². The Hall–Kier alpha value is -0.890. The third-order valence-corrected chi connectivity index (χ3v) is 7.45. The first-order valence-corrected chi connectivity index (χ1v) is 11.3. The van der Waals surface area contributed by atoms with E-state index in [1.165, 1.54) is 35.9 Å². The molecule has 1 aromatic heterocycles. The van der Waals surface area contributed by atoms with Crippen LogP contribution in [0.3, 0.4) is 0 Å². The minimum Gasteiger partial charge on any atom is -0.342 e. The van der Waals surface area contributed by atoms with Gasteiger partial charge in [0.05, 0.1) is 11.4 Å². The van der Waals surface area contributed by atoms with E-state index >= 15 is 0 Å². The van der Waals surface area contributed by atoms with Crippen molar-refractivity contribution in [3.8, 4) is 5.69 Å². The highest BCUT2D eigenvalue weighted by Crippen LogP contribution is 2.28. The van der Waals surface area contributed by atoms with E-state index in [1.807, 2.05) is 36.2 Å². The molecule has 0 aliphatic heterocycles. The van der Waals surface area contributed by atoms with Gasteiger partial charge in [0, 0.05) is 18.1 Å². The second kappa shape index (κ2) is 8.87. The van der Waals surface area contributed by atoms with Gasteiger partial charge in [-0.25, -0.2) is 4.68 Å². The Bertz CT molecular complexity index is 810. The molecule has 2 aromatic rings. The molecule has 1 aliphatic carbocycles. The van der Waals surface area contributed by atoms with Crippen molar-refractivity contribution in [3.05, 3.63) is 33.2 Å². The van der Waals surface area contributed by atoms with Crippen LogP contribution in [0.1, 0.15) is 32.6 Å². The van der Waals surface area contributed by atoms with Crippen LogP contribution in [0.4, 0.5) is 0 Å². The molecule has 0 saturated heterocycles. The highest BCUT2D eigenvalue weighted by molar-refractivity contribution is 8.01. The number of halogens is 1. The van der Waals surface area contributed by atoms with Crippen molar-refractivity contribution in [1.82, 2.24) is 14.7 Å². The molecule has 26 heavy (non-hydrogen) atoms. The third kappa shape index (κ3) is 4.88. The van der Waals surface area contributed by atoms with E-state index in [0.717, 1.165) is 28.8 Å². The van der Waals surface area contributed by atoms with Gasteiger partial charge >= 0.3 is 0 Å². The minimum atomic E-state index is 0.161. The van der Waals surface area contributed by atoms with Gasteiger partial charge in [0.2, 0.25) is 5.91 Å². The number of nitrogens with zero attached hydrogens (tertiary/aromatic N) is 3. The summed E-state index contributed by atoms with van der Waals surface area (Å²) in [5.74, 6) is 1.34. The molecule has 3 rings (SSSR count). The van der Waals surface area contributed by atoms with Crippen LogP contribution in [0.2, 0.25) is 5.02 Å². The Labute approximate surface area is 172 Å². The Morgan fingerprint density at radius 1 is 1.35 bits per heavy atom. The van der Waals surface area contributed by atoms with Crippen molar-refractivity contribution < 1.29 is 4.79 Å². The second-order valence-corrected chi connectivity index (χ2v) is 10.0. The van der Waals surface area contributed by atoms with Crippen LogP contribution in [0.5, 0.6) is 0 Å². The number of hydrogen-bond donors (Lipinski definition) is 0. The zero-order valence-corrected chi connectivity index (χ0v) is 18.1. The van der Waals surface area contributed by atoms with Crippen molar-refractivity contribution in [3.63, 3.8) is 0 Å². The largest absolute Gasteiger partial charge is 0.342 e. The molecular formula is C18H22ClN3OS3. The van der Waals surface area contributed by atoms with Gasteiger partial charge in [0.15, 0.2) is 8.29 Å². The van der Waals surface area contributed by atoms with E-state index < -0.39 is 0 Å². The van der Waals surface area contributed by atoms with E-state index in [0.29, 0.717) is 20.8 Å². The molecule has 1 heterocycles. The molecule has 0 bridgehead atoms. The summed E-state index contributed by atoms with van der Waals surface area (Å²) in [5.41, 5.74) is 0.877. The van der Waals surface area contributed by atoms with Gasteiger partial charge in [0.1, 0.15) is 0 Å². The molecule has 1 amide bonds. The second-order valence-electron chi connectivity index (χ2n) is 6.73. The summed E-state index contributed by atoms with van der Waals surface area (Å²) in [4.78, 5) is 14.5. The minimum absolute atomic E-state index is 0.161. The number of carbonyl (C=O) groups is 1. The SMILES string of the molecule is CC1CCC(N(C)C(=O)CSc2nn(-c3ccc(Cl)cc3)c(=S)s2)CC1. The number of amides is 1. The first-order valence-electron chi connectivity index (χ1n) is 8.68. The predicted octanol–water partition coefficient (Wildman–Crippen LogP) is 5.45. The van der Waals surface area contributed by atoms with Gasteiger partial charge in [-0.1, -0.05) is 41.6 Å². The van der Waals surface area contributed by atoms with Gasteiger partial charge in [-0.3, -0.25) is 4.79 Å². The van der Waals surface area contributed by atoms with Crippen molar-refractivity contribution in [2.24, 2.45) is 5.92 Å². The quantitative estimate of drug-likeness (QED) is 0.470. The lowest BCUT2D eigenvalue weighted by molar-refractivity contribution is -0.129. The molecular weight excluding hydrogens is 406 g/mol. The van der Waals surface area contributed by atoms with Gasteiger partial charge in [0.25, 0.3) is 0 Å². The summed E-state index contributed by atoms with van der Waals surface area (Å²) in [6.07, 6.45) is 4.64. The molecule has 1 fully saturated rings. The summed E-state index contributed by atoms with van der Waals surface area (Å²) >= 11 is 14.2. The molecule has 0 atom stereocenters. The smallest absolute Gasteiger partial charge is 0.233 e. The molecule has 0 N–H and O–H groups in total. The van der Waals surface area contributed by atoms with E-state index in [4.69, 9.17) is 23.8 Å². The number of aromatic nitrogens is 2. The lowest BCUT2D eigenvalue weighted by atomic mass is 9.87. The maximum atomic E-state index is 12.5. The fourth-order valence-electron chi connectivity index (χ4n) is 3.12. The molecule has 8 heteroatoms. The fourth-order valence-corrected chi connectivity index (χ4v) is 5.53. The molecule has 0 radical (unpaired) electrons. The third-order valence-electron chi connectivity index (χ3n) is 4.85. The Balaban J connectivity index is 1.59. The molecule has 4 nitrogen and oxygen atoms in total. The van der Waals surface area contributed by atoms with Crippen molar-refractivity contribution in [2.45, 2.75) is 43.0 Å². The average molecular weight is 428 g/mol. The molecule has 0 spiro atoms. The van der Waals surface area contributed by atoms with E-state index in [9.17, 15) is 4.79 Å². The first-order chi connectivity index (χ1) is 12.4. The lowest BCUT2D eigenvalue weighted by Gasteiger charge is -2.33. The van der Waals surface area contributed by atoms with Crippen molar-refractivity contribution >= 4 is 52.8 Å². The normalized spacial score (nSPS) is 20.1. The maximum Gasteiger partial charge on any atom is 0.233 e. The van der Waals surface area contributed by atoms with E-state index in [2.05, 4.69) is 12.0 Å². The molecule has 1 saturated carbocycles. The fraction of sp³-hybridized carbons (Fsp3) is 0.500. The average Bonchev–Trinajstić information content (AvgIpc) is 3.01. The van der Waals surface area contributed by atoms with Gasteiger partial charge in [-0.2, -0.15) is 0 Å². The highest BCUT2D eigenvalue weighted by atomic mass is 35.5. The Morgan fingerprint density at radius 3 is 2.65 bits per heavy atom. The monoisotopic (exact) mass is 427 g/mol. The van der Waals surface area contributed by atoms with Gasteiger partial charge < -0.3 is 4.90 Å². The molecule has 1 aliphatic rings. The topological polar surface area (TPSA) is 38.1 Å². The van der Waals surface area contributed by atoms with Gasteiger partial charge in [-0.05, 0) is 68.1 Å². The summed E-state index contributed by atoms with van der Waals surface area (Å²) in [5, 5.41) is 5.22. The zero-order valence-electron chi connectivity index (χ0n) is 14.9. The summed E-state index contributed by atoms with van der Waals surface area (Å²) in [7, 11) is 1.93. The summed E-state index contributed by atoms with van der Waals surface area (Å²) < 4.78 is 3.19. The van der Waals surface area contributed by atoms with Crippen LogP contribution in [0, 0.1) is 9.87 Å². The molecule has 1 aromatic carbocycles. The first kappa shape index (κ1) is 19.9. The zero-order chi connectivity index (χ0) is 18.7. The highest BCUT2D eigenvalue weighted by Gasteiger charge is 2.24. The number of hydrogen-bond acceptors (Lipinski definition) is 5.